The molecule has 3 aromatic rings. The molecule has 8 heteroatoms. The summed E-state index contributed by atoms with van der Waals surface area (Å²) < 4.78 is 16.0. The number of fused-ring (bicyclic) bond motifs is 1. The van der Waals surface area contributed by atoms with E-state index >= 15 is 0 Å². The number of likely N-dealkylation sites (tertiary alicyclic amines) is 1. The number of benzene rings is 1. The van der Waals surface area contributed by atoms with Crippen LogP contribution in [0.25, 0.3) is 10.9 Å². The van der Waals surface area contributed by atoms with Crippen LogP contribution in [0, 0.1) is 5.82 Å². The van der Waals surface area contributed by atoms with E-state index in [4.69, 9.17) is 11.6 Å². The molecular formula is C17H18ClFN6. The lowest BCUT2D eigenvalue weighted by Gasteiger charge is -2.28. The Labute approximate surface area is 149 Å². The van der Waals surface area contributed by atoms with E-state index in [1.165, 1.54) is 12.4 Å². The third-order valence-corrected chi connectivity index (χ3v) is 4.80. The summed E-state index contributed by atoms with van der Waals surface area (Å²) in [6, 6.07) is 3.31. The Bertz CT molecular complexity index is 903. The molecule has 0 bridgehead atoms. The van der Waals surface area contributed by atoms with Gasteiger partial charge in [-0.05, 0) is 45.1 Å². The Morgan fingerprint density at radius 2 is 2.04 bits per heavy atom. The molecule has 0 unspecified atom stereocenters. The highest BCUT2D eigenvalue weighted by molar-refractivity contribution is 6.31. The van der Waals surface area contributed by atoms with Crippen LogP contribution in [-0.4, -0.2) is 44.8 Å². The smallest absolute Gasteiger partial charge is 0.151 e. The van der Waals surface area contributed by atoms with Gasteiger partial charge in [0.2, 0.25) is 0 Å². The van der Waals surface area contributed by atoms with Crippen molar-refractivity contribution in [3.05, 3.63) is 41.7 Å². The van der Waals surface area contributed by atoms with E-state index in [1.54, 1.807) is 12.3 Å². The zero-order valence-electron chi connectivity index (χ0n) is 13.8. The minimum atomic E-state index is -0.463. The van der Waals surface area contributed by atoms with Crippen LogP contribution in [-0.2, 0) is 0 Å². The van der Waals surface area contributed by atoms with Crippen LogP contribution in [0.1, 0.15) is 18.9 Å². The molecule has 0 amide bonds. The Morgan fingerprint density at radius 1 is 1.24 bits per heavy atom. The first-order valence-electron chi connectivity index (χ1n) is 8.19. The van der Waals surface area contributed by atoms with E-state index in [2.05, 4.69) is 32.3 Å². The van der Waals surface area contributed by atoms with Crippen LogP contribution in [0.3, 0.4) is 0 Å². The molecule has 25 heavy (non-hydrogen) atoms. The Balaban J connectivity index is 1.60. The zero-order chi connectivity index (χ0) is 17.4. The molecule has 0 aliphatic carbocycles. The second-order valence-corrected chi connectivity index (χ2v) is 6.81. The van der Waals surface area contributed by atoms with Gasteiger partial charge in [-0.3, -0.25) is 4.68 Å². The minimum absolute atomic E-state index is 0.240. The fourth-order valence-electron chi connectivity index (χ4n) is 3.19. The number of hydrogen-bond acceptors (Lipinski definition) is 5. The van der Waals surface area contributed by atoms with E-state index in [0.29, 0.717) is 22.3 Å². The summed E-state index contributed by atoms with van der Waals surface area (Å²) in [7, 11) is 2.14. The SMILES string of the molecule is CN1CCC(n2cc(Nc3ncnc4c(F)cc(Cl)cc34)cn2)CC1. The van der Waals surface area contributed by atoms with Gasteiger partial charge in [0.25, 0.3) is 0 Å². The van der Waals surface area contributed by atoms with Crippen molar-refractivity contribution < 1.29 is 4.39 Å². The summed E-state index contributed by atoms with van der Waals surface area (Å²) in [5, 5.41) is 8.52. The first-order chi connectivity index (χ1) is 12.1. The largest absolute Gasteiger partial charge is 0.337 e. The van der Waals surface area contributed by atoms with Crippen molar-refractivity contribution in [3.8, 4) is 0 Å². The predicted molar refractivity (Wildman–Crippen MR) is 95.8 cm³/mol. The van der Waals surface area contributed by atoms with Gasteiger partial charge in [0.15, 0.2) is 5.82 Å². The first-order valence-corrected chi connectivity index (χ1v) is 8.57. The van der Waals surface area contributed by atoms with Crippen molar-refractivity contribution in [1.29, 1.82) is 0 Å². The molecular weight excluding hydrogens is 343 g/mol. The fraction of sp³-hybridized carbons (Fsp3) is 0.353. The van der Waals surface area contributed by atoms with Gasteiger partial charge in [0, 0.05) is 16.6 Å². The maximum Gasteiger partial charge on any atom is 0.151 e. The highest BCUT2D eigenvalue weighted by atomic mass is 35.5. The van der Waals surface area contributed by atoms with Gasteiger partial charge >= 0.3 is 0 Å². The Hall–Kier alpha value is -2.25. The molecule has 1 aromatic carbocycles. The molecule has 1 fully saturated rings. The number of piperidine rings is 1. The molecule has 0 saturated carbocycles. The van der Waals surface area contributed by atoms with Crippen LogP contribution in [0.2, 0.25) is 5.02 Å². The van der Waals surface area contributed by atoms with Gasteiger partial charge in [-0.25, -0.2) is 14.4 Å². The van der Waals surface area contributed by atoms with Gasteiger partial charge in [0.1, 0.15) is 17.7 Å². The van der Waals surface area contributed by atoms with E-state index in [1.807, 2.05) is 10.9 Å². The lowest BCUT2D eigenvalue weighted by molar-refractivity contribution is 0.212. The summed E-state index contributed by atoms with van der Waals surface area (Å²) in [6.07, 6.45) is 7.21. The summed E-state index contributed by atoms with van der Waals surface area (Å²) in [6.45, 7) is 2.14. The number of rotatable bonds is 3. The highest BCUT2D eigenvalue weighted by Gasteiger charge is 2.19. The molecule has 0 atom stereocenters. The van der Waals surface area contributed by atoms with E-state index in [0.717, 1.165) is 31.6 Å². The van der Waals surface area contributed by atoms with Crippen molar-refractivity contribution in [3.63, 3.8) is 0 Å². The van der Waals surface area contributed by atoms with Crippen LogP contribution in [0.4, 0.5) is 15.9 Å². The topological polar surface area (TPSA) is 58.9 Å². The molecule has 0 radical (unpaired) electrons. The molecule has 130 valence electrons. The van der Waals surface area contributed by atoms with Crippen LogP contribution < -0.4 is 5.32 Å². The molecule has 4 rings (SSSR count). The standard InChI is InChI=1S/C17H18ClFN6/c1-24-4-2-13(3-5-24)25-9-12(8-22-25)23-17-14-6-11(18)7-15(19)16(14)20-10-21-17/h6-10,13H,2-5H2,1H3,(H,20,21,23). The lowest BCUT2D eigenvalue weighted by Crippen LogP contribution is -2.31. The van der Waals surface area contributed by atoms with Gasteiger partial charge in [-0.2, -0.15) is 5.10 Å². The molecule has 1 N–H and O–H groups in total. The molecule has 2 aromatic heterocycles. The van der Waals surface area contributed by atoms with Crippen molar-refractivity contribution in [2.45, 2.75) is 18.9 Å². The average molecular weight is 361 g/mol. The zero-order valence-corrected chi connectivity index (χ0v) is 14.5. The Kier molecular flexibility index (Phi) is 4.27. The van der Waals surface area contributed by atoms with Gasteiger partial charge < -0.3 is 10.2 Å². The quantitative estimate of drug-likeness (QED) is 0.773. The third kappa shape index (κ3) is 3.29. The second-order valence-electron chi connectivity index (χ2n) is 6.37. The highest BCUT2D eigenvalue weighted by Crippen LogP contribution is 2.28. The normalized spacial score (nSPS) is 16.4. The molecule has 3 heterocycles. The molecule has 1 saturated heterocycles. The molecule has 0 spiro atoms. The average Bonchev–Trinajstić information content (AvgIpc) is 3.05. The van der Waals surface area contributed by atoms with E-state index in [-0.39, 0.29) is 5.52 Å². The number of nitrogens with zero attached hydrogens (tertiary/aromatic N) is 5. The van der Waals surface area contributed by atoms with Crippen molar-refractivity contribution in [1.82, 2.24) is 24.6 Å². The molecule has 1 aliphatic heterocycles. The fourth-order valence-corrected chi connectivity index (χ4v) is 3.39. The summed E-state index contributed by atoms with van der Waals surface area (Å²) >= 11 is 5.97. The molecule has 6 nitrogen and oxygen atoms in total. The summed E-state index contributed by atoms with van der Waals surface area (Å²) in [5.41, 5.74) is 1.05. The summed E-state index contributed by atoms with van der Waals surface area (Å²) in [4.78, 5) is 10.5. The van der Waals surface area contributed by atoms with Crippen molar-refractivity contribution in [2.24, 2.45) is 0 Å². The molecule has 1 aliphatic rings. The lowest BCUT2D eigenvalue weighted by atomic mass is 10.1. The van der Waals surface area contributed by atoms with Crippen LogP contribution in [0.5, 0.6) is 0 Å². The minimum Gasteiger partial charge on any atom is -0.337 e. The Morgan fingerprint density at radius 3 is 2.84 bits per heavy atom. The van der Waals surface area contributed by atoms with E-state index < -0.39 is 5.82 Å². The number of aromatic nitrogens is 4. The van der Waals surface area contributed by atoms with Gasteiger partial charge in [0.05, 0.1) is 17.9 Å². The first kappa shape index (κ1) is 16.2. The second kappa shape index (κ2) is 6.57. The van der Waals surface area contributed by atoms with Crippen LogP contribution >= 0.6 is 11.6 Å². The monoisotopic (exact) mass is 360 g/mol. The van der Waals surface area contributed by atoms with Crippen molar-refractivity contribution in [2.75, 3.05) is 25.5 Å². The van der Waals surface area contributed by atoms with Crippen LogP contribution in [0.15, 0.2) is 30.9 Å². The summed E-state index contributed by atoms with van der Waals surface area (Å²) in [5.74, 6) is 0.0456. The number of anilines is 2. The number of hydrogen-bond donors (Lipinski definition) is 1. The van der Waals surface area contributed by atoms with Gasteiger partial charge in [-0.15, -0.1) is 0 Å². The number of halogens is 2. The van der Waals surface area contributed by atoms with Gasteiger partial charge in [-0.1, -0.05) is 11.6 Å². The van der Waals surface area contributed by atoms with Crippen molar-refractivity contribution >= 4 is 34.0 Å². The number of nitrogens with one attached hydrogen (secondary N) is 1. The van der Waals surface area contributed by atoms with E-state index in [9.17, 15) is 4.39 Å². The third-order valence-electron chi connectivity index (χ3n) is 4.58. The predicted octanol–water partition coefficient (Wildman–Crippen LogP) is 3.63. The maximum atomic E-state index is 14.0. The maximum absolute atomic E-state index is 14.0.